The summed E-state index contributed by atoms with van der Waals surface area (Å²) in [7, 11) is 1.53. The Morgan fingerprint density at radius 2 is 1.74 bits per heavy atom. The Labute approximate surface area is 184 Å². The van der Waals surface area contributed by atoms with Gasteiger partial charge in [0.1, 0.15) is 5.82 Å². The number of pyridine rings is 1. The number of hydrogen-bond acceptors (Lipinski definition) is 3. The van der Waals surface area contributed by atoms with Crippen LogP contribution in [0.3, 0.4) is 0 Å². The zero-order valence-corrected chi connectivity index (χ0v) is 17.9. The monoisotopic (exact) mass is 442 g/mol. The minimum Gasteiger partial charge on any atom is -0.313 e. The van der Waals surface area contributed by atoms with Crippen molar-refractivity contribution in [1.82, 2.24) is 4.98 Å². The number of Topliss-reactive ketones (excluding diaryl/α,β-unsaturated/α-hetero) is 1. The fourth-order valence-corrected chi connectivity index (χ4v) is 3.48. The second-order valence-electron chi connectivity index (χ2n) is 7.08. The molecule has 2 aromatic carbocycles. The van der Waals surface area contributed by atoms with E-state index >= 15 is 0 Å². The molecule has 0 saturated carbocycles. The first-order valence-electron chi connectivity index (χ1n) is 9.79. The molecular formula is C24H21ClF2N2O2. The van der Waals surface area contributed by atoms with Gasteiger partial charge < -0.3 is 4.90 Å². The number of benzene rings is 2. The maximum atomic E-state index is 14.6. The third-order valence-corrected chi connectivity index (χ3v) is 5.33. The van der Waals surface area contributed by atoms with Gasteiger partial charge in [0, 0.05) is 31.6 Å². The number of aryl methyl sites for hydroxylation is 1. The van der Waals surface area contributed by atoms with E-state index in [2.05, 4.69) is 4.98 Å². The normalized spacial score (nSPS) is 10.7. The molecule has 3 rings (SSSR count). The summed E-state index contributed by atoms with van der Waals surface area (Å²) >= 11 is 6.33. The summed E-state index contributed by atoms with van der Waals surface area (Å²) in [6.45, 7) is 1.71. The highest BCUT2D eigenvalue weighted by molar-refractivity contribution is 6.34. The SMILES string of the molecule is CCC(=O)N(C)c1ccc(-c2ccc(C(=O)CCc3ccc(F)nc3)c(Cl)c2)cc1F. The number of carbonyl (C=O) groups is 2. The maximum Gasteiger partial charge on any atom is 0.226 e. The van der Waals surface area contributed by atoms with Crippen molar-refractivity contribution in [1.29, 1.82) is 0 Å². The molecule has 160 valence electrons. The smallest absolute Gasteiger partial charge is 0.226 e. The van der Waals surface area contributed by atoms with E-state index in [9.17, 15) is 18.4 Å². The van der Waals surface area contributed by atoms with Crippen molar-refractivity contribution in [2.75, 3.05) is 11.9 Å². The van der Waals surface area contributed by atoms with E-state index < -0.39 is 11.8 Å². The molecule has 31 heavy (non-hydrogen) atoms. The molecule has 0 unspecified atom stereocenters. The van der Waals surface area contributed by atoms with Gasteiger partial charge in [0.15, 0.2) is 5.78 Å². The molecule has 0 aliphatic carbocycles. The van der Waals surface area contributed by atoms with Crippen LogP contribution in [-0.4, -0.2) is 23.7 Å². The van der Waals surface area contributed by atoms with Crippen LogP contribution in [-0.2, 0) is 11.2 Å². The third kappa shape index (κ3) is 5.33. The van der Waals surface area contributed by atoms with Gasteiger partial charge in [-0.25, -0.2) is 9.37 Å². The summed E-state index contributed by atoms with van der Waals surface area (Å²) in [5.74, 6) is -1.43. The molecule has 0 fully saturated rings. The Morgan fingerprint density at radius 1 is 1.03 bits per heavy atom. The van der Waals surface area contributed by atoms with Crippen molar-refractivity contribution in [3.63, 3.8) is 0 Å². The zero-order valence-electron chi connectivity index (χ0n) is 17.2. The summed E-state index contributed by atoms with van der Waals surface area (Å²) in [5, 5.41) is 0.266. The lowest BCUT2D eigenvalue weighted by atomic mass is 9.99. The standard InChI is InChI=1S/C24H21ClF2N2O2/c1-3-24(31)29(2)21-9-7-17(13-20(21)26)16-6-8-18(19(25)12-16)22(30)10-4-15-5-11-23(27)28-14-15/h5-9,11-14H,3-4,10H2,1-2H3. The minimum absolute atomic E-state index is 0.151. The lowest BCUT2D eigenvalue weighted by Gasteiger charge is -2.18. The van der Waals surface area contributed by atoms with Gasteiger partial charge in [-0.2, -0.15) is 4.39 Å². The van der Waals surface area contributed by atoms with Crippen molar-refractivity contribution in [3.8, 4) is 11.1 Å². The van der Waals surface area contributed by atoms with Crippen LogP contribution in [0.15, 0.2) is 54.7 Å². The molecule has 0 N–H and O–H groups in total. The molecule has 0 aliphatic rings. The Bertz CT molecular complexity index is 1120. The van der Waals surface area contributed by atoms with Crippen LogP contribution in [0.2, 0.25) is 5.02 Å². The van der Waals surface area contributed by atoms with Gasteiger partial charge in [-0.3, -0.25) is 9.59 Å². The van der Waals surface area contributed by atoms with Crippen LogP contribution in [0.5, 0.6) is 0 Å². The van der Waals surface area contributed by atoms with Crippen molar-refractivity contribution in [2.24, 2.45) is 0 Å². The Kier molecular flexibility index (Phi) is 7.13. The summed E-state index contributed by atoms with van der Waals surface area (Å²) < 4.78 is 27.5. The topological polar surface area (TPSA) is 50.3 Å². The van der Waals surface area contributed by atoms with Gasteiger partial charge in [-0.05, 0) is 53.4 Å². The summed E-state index contributed by atoms with van der Waals surface area (Å²) in [4.78, 5) is 29.2. The molecule has 1 aromatic heterocycles. The molecule has 0 radical (unpaired) electrons. The van der Waals surface area contributed by atoms with Crippen molar-refractivity contribution < 1.29 is 18.4 Å². The van der Waals surface area contributed by atoms with Crippen molar-refractivity contribution in [3.05, 3.63) is 82.6 Å². The minimum atomic E-state index is -0.568. The second kappa shape index (κ2) is 9.79. The number of hydrogen-bond donors (Lipinski definition) is 0. The first-order valence-corrected chi connectivity index (χ1v) is 10.2. The number of anilines is 1. The van der Waals surface area contributed by atoms with E-state index in [0.29, 0.717) is 23.1 Å². The van der Waals surface area contributed by atoms with Crippen LogP contribution < -0.4 is 4.90 Å². The lowest BCUT2D eigenvalue weighted by molar-refractivity contribution is -0.118. The van der Waals surface area contributed by atoms with Gasteiger partial charge in [-0.15, -0.1) is 0 Å². The molecule has 0 bridgehead atoms. The van der Waals surface area contributed by atoms with Gasteiger partial charge in [0.05, 0.1) is 10.7 Å². The molecule has 4 nitrogen and oxygen atoms in total. The summed E-state index contributed by atoms with van der Waals surface area (Å²) in [6.07, 6.45) is 2.30. The van der Waals surface area contributed by atoms with Crippen LogP contribution in [0.25, 0.3) is 11.1 Å². The molecule has 0 saturated heterocycles. The molecule has 7 heteroatoms. The number of aromatic nitrogens is 1. The quantitative estimate of drug-likeness (QED) is 0.339. The van der Waals surface area contributed by atoms with Crippen molar-refractivity contribution >= 4 is 29.0 Å². The molecule has 0 spiro atoms. The highest BCUT2D eigenvalue weighted by Crippen LogP contribution is 2.30. The number of rotatable bonds is 7. The Hall–Kier alpha value is -3.12. The number of carbonyl (C=O) groups excluding carboxylic acids is 2. The predicted octanol–water partition coefficient (Wildman–Crippen LogP) is 5.87. The molecule has 1 heterocycles. The van der Waals surface area contributed by atoms with Crippen LogP contribution >= 0.6 is 11.6 Å². The third-order valence-electron chi connectivity index (χ3n) is 5.02. The van der Waals surface area contributed by atoms with E-state index in [1.54, 1.807) is 43.3 Å². The van der Waals surface area contributed by atoms with Gasteiger partial charge in [-0.1, -0.05) is 36.7 Å². The maximum absolute atomic E-state index is 14.6. The summed E-state index contributed by atoms with van der Waals surface area (Å²) in [6, 6.07) is 12.4. The first kappa shape index (κ1) is 22.6. The first-order chi connectivity index (χ1) is 14.8. The van der Waals surface area contributed by atoms with Crippen molar-refractivity contribution in [2.45, 2.75) is 26.2 Å². The van der Waals surface area contributed by atoms with E-state index in [1.807, 2.05) is 0 Å². The van der Waals surface area contributed by atoms with Gasteiger partial charge >= 0.3 is 0 Å². The molecular weight excluding hydrogens is 422 g/mol. The zero-order chi connectivity index (χ0) is 22.5. The summed E-state index contributed by atoms with van der Waals surface area (Å²) in [5.41, 5.74) is 2.55. The number of amides is 1. The molecule has 3 aromatic rings. The highest BCUT2D eigenvalue weighted by Gasteiger charge is 2.16. The predicted molar refractivity (Wildman–Crippen MR) is 117 cm³/mol. The molecule has 1 amide bonds. The van der Waals surface area contributed by atoms with E-state index in [4.69, 9.17) is 11.6 Å². The Balaban J connectivity index is 1.75. The van der Waals surface area contributed by atoms with Crippen LogP contribution in [0, 0.1) is 11.8 Å². The lowest BCUT2D eigenvalue weighted by Crippen LogP contribution is -2.25. The van der Waals surface area contributed by atoms with E-state index in [-0.39, 0.29) is 35.2 Å². The molecule has 0 aliphatic heterocycles. The number of ketones is 1. The average molecular weight is 443 g/mol. The van der Waals surface area contributed by atoms with E-state index in [0.717, 1.165) is 5.56 Å². The van der Waals surface area contributed by atoms with Crippen LogP contribution in [0.4, 0.5) is 14.5 Å². The second-order valence-corrected chi connectivity index (χ2v) is 7.49. The highest BCUT2D eigenvalue weighted by atomic mass is 35.5. The number of nitrogens with zero attached hydrogens (tertiary/aromatic N) is 2. The number of halogens is 3. The van der Waals surface area contributed by atoms with Crippen LogP contribution in [0.1, 0.15) is 35.7 Å². The Morgan fingerprint density at radius 3 is 2.35 bits per heavy atom. The van der Waals surface area contributed by atoms with Gasteiger partial charge in [0.2, 0.25) is 11.9 Å². The average Bonchev–Trinajstić information content (AvgIpc) is 2.77. The molecule has 0 atom stereocenters. The van der Waals surface area contributed by atoms with E-state index in [1.165, 1.54) is 30.3 Å². The largest absolute Gasteiger partial charge is 0.313 e. The van der Waals surface area contributed by atoms with Gasteiger partial charge in [0.25, 0.3) is 0 Å². The fraction of sp³-hybridized carbons (Fsp3) is 0.208. The fourth-order valence-electron chi connectivity index (χ4n) is 3.20.